The summed E-state index contributed by atoms with van der Waals surface area (Å²) in [6.45, 7) is 0. The lowest BCUT2D eigenvalue weighted by molar-refractivity contribution is -0.150. The third kappa shape index (κ3) is 2.29. The van der Waals surface area contributed by atoms with Crippen LogP contribution in [0, 0.1) is 28.9 Å². The third-order valence-electron chi connectivity index (χ3n) is 6.59. The zero-order valence-corrected chi connectivity index (χ0v) is 14.3. The maximum Gasteiger partial charge on any atom is 0.230 e. The molecule has 5 nitrogen and oxygen atoms in total. The first-order chi connectivity index (χ1) is 12.5. The van der Waals surface area contributed by atoms with E-state index in [1.165, 1.54) is 6.33 Å². The molecular formula is C19H20F2N4O. The van der Waals surface area contributed by atoms with Crippen LogP contribution in [0.2, 0.25) is 0 Å². The van der Waals surface area contributed by atoms with E-state index in [2.05, 4.69) is 15.4 Å². The van der Waals surface area contributed by atoms with Gasteiger partial charge in [0.1, 0.15) is 24.3 Å². The summed E-state index contributed by atoms with van der Waals surface area (Å²) < 4.78 is 29.4. The van der Waals surface area contributed by atoms with Crippen molar-refractivity contribution in [3.05, 3.63) is 42.5 Å². The molecule has 0 radical (unpaired) electrons. The van der Waals surface area contributed by atoms with Gasteiger partial charge in [-0.15, -0.1) is 0 Å². The molecule has 2 aromatic rings. The van der Waals surface area contributed by atoms with E-state index in [1.807, 2.05) is 4.68 Å². The van der Waals surface area contributed by atoms with Crippen molar-refractivity contribution in [3.8, 4) is 0 Å². The molecule has 136 valence electrons. The molecule has 0 aliphatic heterocycles. The third-order valence-corrected chi connectivity index (χ3v) is 6.59. The second-order valence-electron chi connectivity index (χ2n) is 8.38. The fourth-order valence-corrected chi connectivity index (χ4v) is 6.05. The van der Waals surface area contributed by atoms with Gasteiger partial charge in [-0.05, 0) is 62.5 Å². The Hall–Kier alpha value is -2.31. The highest BCUT2D eigenvalue weighted by Crippen LogP contribution is 2.64. The van der Waals surface area contributed by atoms with Crippen LogP contribution in [-0.4, -0.2) is 20.7 Å². The molecule has 7 heteroatoms. The van der Waals surface area contributed by atoms with Crippen LogP contribution in [0.15, 0.2) is 30.9 Å². The molecule has 1 amide bonds. The lowest BCUT2D eigenvalue weighted by atomic mass is 9.46. The summed E-state index contributed by atoms with van der Waals surface area (Å²) in [4.78, 5) is 17.3. The molecule has 2 unspecified atom stereocenters. The molecule has 1 aromatic heterocycles. The van der Waals surface area contributed by atoms with Crippen LogP contribution in [-0.2, 0) is 10.3 Å². The Labute approximate surface area is 149 Å². The molecule has 6 rings (SSSR count). The fourth-order valence-electron chi connectivity index (χ4n) is 6.05. The molecule has 0 saturated heterocycles. The van der Waals surface area contributed by atoms with Gasteiger partial charge >= 0.3 is 0 Å². The number of aromatic nitrogens is 3. The van der Waals surface area contributed by atoms with Crippen LogP contribution in [0.5, 0.6) is 0 Å². The summed E-state index contributed by atoms with van der Waals surface area (Å²) in [5.41, 5.74) is -0.812. The van der Waals surface area contributed by atoms with Gasteiger partial charge in [-0.2, -0.15) is 5.10 Å². The van der Waals surface area contributed by atoms with Crippen LogP contribution < -0.4 is 5.32 Å². The van der Waals surface area contributed by atoms with Crippen molar-refractivity contribution in [2.24, 2.45) is 17.3 Å². The second kappa shape index (κ2) is 5.34. The van der Waals surface area contributed by atoms with Crippen LogP contribution in [0.4, 0.5) is 14.5 Å². The van der Waals surface area contributed by atoms with Gasteiger partial charge in [0.2, 0.25) is 5.91 Å². The summed E-state index contributed by atoms with van der Waals surface area (Å²) in [5.74, 6) is -0.450. The van der Waals surface area contributed by atoms with E-state index in [0.29, 0.717) is 18.3 Å². The van der Waals surface area contributed by atoms with Gasteiger partial charge in [-0.1, -0.05) is 0 Å². The predicted molar refractivity (Wildman–Crippen MR) is 90.1 cm³/mol. The number of carbonyl (C=O) groups excluding carboxylic acids is 1. The Bertz CT molecular complexity index is 852. The summed E-state index contributed by atoms with van der Waals surface area (Å²) in [6, 6.07) is 3.14. The van der Waals surface area contributed by atoms with Gasteiger partial charge in [0.25, 0.3) is 0 Å². The van der Waals surface area contributed by atoms with Gasteiger partial charge in [0.15, 0.2) is 0 Å². The highest BCUT2D eigenvalue weighted by molar-refractivity contribution is 5.95. The molecular weight excluding hydrogens is 338 g/mol. The smallest absolute Gasteiger partial charge is 0.230 e. The lowest BCUT2D eigenvalue weighted by Crippen LogP contribution is -2.60. The van der Waals surface area contributed by atoms with Crippen LogP contribution >= 0.6 is 0 Å². The van der Waals surface area contributed by atoms with Crippen LogP contribution in [0.1, 0.15) is 38.5 Å². The SMILES string of the molecule is O=C(Nc1cc(F)ccc1F)C12CC3CC(C1)CC(n1cncn1)(C3)C2. The highest BCUT2D eigenvalue weighted by atomic mass is 19.1. The Morgan fingerprint density at radius 2 is 1.96 bits per heavy atom. The predicted octanol–water partition coefficient (Wildman–Crippen LogP) is 3.49. The topological polar surface area (TPSA) is 59.8 Å². The van der Waals surface area contributed by atoms with E-state index < -0.39 is 17.0 Å². The Balaban J connectivity index is 1.48. The van der Waals surface area contributed by atoms with E-state index in [0.717, 1.165) is 50.3 Å². The van der Waals surface area contributed by atoms with E-state index in [4.69, 9.17) is 0 Å². The Morgan fingerprint density at radius 1 is 1.19 bits per heavy atom. The lowest BCUT2D eigenvalue weighted by Gasteiger charge is -2.60. The van der Waals surface area contributed by atoms with Gasteiger partial charge in [0, 0.05) is 6.07 Å². The first-order valence-corrected chi connectivity index (χ1v) is 9.10. The number of amides is 1. The normalized spacial score (nSPS) is 34.8. The van der Waals surface area contributed by atoms with Gasteiger partial charge in [-0.3, -0.25) is 4.79 Å². The van der Waals surface area contributed by atoms with Gasteiger partial charge < -0.3 is 5.32 Å². The Kier molecular flexibility index (Phi) is 3.27. The molecule has 4 aliphatic rings. The quantitative estimate of drug-likeness (QED) is 0.914. The maximum atomic E-state index is 14.0. The molecule has 26 heavy (non-hydrogen) atoms. The van der Waals surface area contributed by atoms with Crippen molar-refractivity contribution in [3.63, 3.8) is 0 Å². The van der Waals surface area contributed by atoms with Crippen molar-refractivity contribution in [1.29, 1.82) is 0 Å². The first kappa shape index (κ1) is 15.9. The van der Waals surface area contributed by atoms with Crippen molar-refractivity contribution < 1.29 is 13.6 Å². The number of carbonyl (C=O) groups is 1. The maximum absolute atomic E-state index is 14.0. The fraction of sp³-hybridized carbons (Fsp3) is 0.526. The molecule has 0 spiro atoms. The number of nitrogens with zero attached hydrogens (tertiary/aromatic N) is 3. The zero-order valence-electron chi connectivity index (χ0n) is 14.3. The van der Waals surface area contributed by atoms with E-state index in [9.17, 15) is 13.6 Å². The van der Waals surface area contributed by atoms with Gasteiger partial charge in [0.05, 0.1) is 16.6 Å². The summed E-state index contributed by atoms with van der Waals surface area (Å²) >= 11 is 0. The monoisotopic (exact) mass is 358 g/mol. The molecule has 2 atom stereocenters. The van der Waals surface area contributed by atoms with E-state index in [1.54, 1.807) is 6.33 Å². The average molecular weight is 358 g/mol. The second-order valence-corrected chi connectivity index (χ2v) is 8.38. The molecule has 1 aromatic carbocycles. The highest BCUT2D eigenvalue weighted by Gasteiger charge is 2.61. The van der Waals surface area contributed by atoms with Crippen LogP contribution in [0.25, 0.3) is 0 Å². The minimum Gasteiger partial charge on any atom is -0.323 e. The van der Waals surface area contributed by atoms with E-state index >= 15 is 0 Å². The first-order valence-electron chi connectivity index (χ1n) is 9.10. The van der Waals surface area contributed by atoms with Crippen molar-refractivity contribution in [2.75, 3.05) is 5.32 Å². The summed E-state index contributed by atoms with van der Waals surface area (Å²) in [7, 11) is 0. The molecule has 1 heterocycles. The number of benzene rings is 1. The van der Waals surface area contributed by atoms with Gasteiger partial charge in [-0.25, -0.2) is 18.4 Å². The van der Waals surface area contributed by atoms with Crippen molar-refractivity contribution in [2.45, 2.75) is 44.1 Å². The number of anilines is 1. The largest absolute Gasteiger partial charge is 0.323 e. The molecule has 4 fully saturated rings. The molecule has 4 saturated carbocycles. The minimum absolute atomic E-state index is 0.0828. The van der Waals surface area contributed by atoms with Crippen molar-refractivity contribution >= 4 is 11.6 Å². The van der Waals surface area contributed by atoms with E-state index in [-0.39, 0.29) is 17.1 Å². The average Bonchev–Trinajstić information content (AvgIpc) is 3.12. The van der Waals surface area contributed by atoms with Crippen LogP contribution in [0.3, 0.4) is 0 Å². The zero-order chi connectivity index (χ0) is 17.9. The summed E-state index contributed by atoms with van der Waals surface area (Å²) in [5, 5.41) is 7.04. The number of rotatable bonds is 3. The minimum atomic E-state index is -0.615. The number of nitrogens with one attached hydrogen (secondary N) is 1. The molecule has 4 bridgehead atoms. The Morgan fingerprint density at radius 3 is 2.65 bits per heavy atom. The number of halogens is 2. The van der Waals surface area contributed by atoms with Crippen molar-refractivity contribution in [1.82, 2.24) is 14.8 Å². The molecule has 1 N–H and O–H groups in total. The standard InChI is InChI=1S/C19H20F2N4O/c20-14-1-2-15(21)16(4-14)24-17(26)18-5-12-3-13(6-18)8-19(7-12,9-18)25-11-22-10-23-25/h1-2,4,10-13H,3,5-9H2,(H,24,26). The number of hydrogen-bond donors (Lipinski definition) is 1. The number of hydrogen-bond acceptors (Lipinski definition) is 3. The summed E-state index contributed by atoms with van der Waals surface area (Å²) in [6.07, 6.45) is 8.73. The molecule has 4 aliphatic carbocycles.